The van der Waals surface area contributed by atoms with Crippen LogP contribution in [0.5, 0.6) is 0 Å². The monoisotopic (exact) mass is 304 g/mol. The molecule has 0 radical (unpaired) electrons. The van der Waals surface area contributed by atoms with Gasteiger partial charge >= 0.3 is 0 Å². The molecule has 2 amide bonds. The fraction of sp³-hybridized carbons (Fsp3) is 0.500. The van der Waals surface area contributed by atoms with Crippen LogP contribution in [0.4, 0.5) is 0 Å². The molecule has 0 saturated carbocycles. The number of hydrogen-bond donors (Lipinski definition) is 1. The van der Waals surface area contributed by atoms with Gasteiger partial charge in [-0.05, 0) is 37.1 Å². The third-order valence-corrected chi connectivity index (χ3v) is 5.49. The first-order valence-corrected chi connectivity index (χ1v) is 8.29. The Labute approximate surface area is 128 Å². The minimum Gasteiger partial charge on any atom is -0.350 e. The SMILES string of the molecule is CN1C(=O)CCC2(CNC(=O)c3cccs3)CCCC=C12. The molecule has 21 heavy (non-hydrogen) atoms. The number of allylic oxidation sites excluding steroid dienone is 1. The van der Waals surface area contributed by atoms with E-state index in [1.807, 2.05) is 24.6 Å². The zero-order valence-electron chi connectivity index (χ0n) is 12.2. The highest BCUT2D eigenvalue weighted by Crippen LogP contribution is 2.45. The molecule has 1 fully saturated rings. The third-order valence-electron chi connectivity index (χ3n) is 4.63. The standard InChI is InChI=1S/C16H20N2O2S/c1-18-13-6-2-3-8-16(13,9-7-14(18)19)11-17-15(20)12-5-4-10-21-12/h4-6,10H,2-3,7-9,11H2,1H3,(H,17,20). The molecule has 1 aromatic rings. The summed E-state index contributed by atoms with van der Waals surface area (Å²) in [5.41, 5.74) is 1.05. The van der Waals surface area contributed by atoms with Gasteiger partial charge in [0, 0.05) is 31.1 Å². The van der Waals surface area contributed by atoms with Gasteiger partial charge in [0.25, 0.3) is 5.91 Å². The van der Waals surface area contributed by atoms with Crippen LogP contribution < -0.4 is 5.32 Å². The summed E-state index contributed by atoms with van der Waals surface area (Å²) in [6.45, 7) is 0.618. The molecule has 1 atom stereocenters. The van der Waals surface area contributed by atoms with Crippen LogP contribution in [0.3, 0.4) is 0 Å². The molecule has 2 heterocycles. The van der Waals surface area contributed by atoms with Gasteiger partial charge < -0.3 is 10.2 Å². The molecule has 2 aliphatic rings. The Bertz CT molecular complexity index is 579. The molecule has 0 bridgehead atoms. The third kappa shape index (κ3) is 2.62. The van der Waals surface area contributed by atoms with Gasteiger partial charge in [-0.1, -0.05) is 12.1 Å². The number of amides is 2. The largest absolute Gasteiger partial charge is 0.350 e. The van der Waals surface area contributed by atoms with Crippen LogP contribution in [0.1, 0.15) is 41.8 Å². The van der Waals surface area contributed by atoms with E-state index >= 15 is 0 Å². The number of nitrogens with zero attached hydrogens (tertiary/aromatic N) is 1. The van der Waals surface area contributed by atoms with Crippen LogP contribution >= 0.6 is 11.3 Å². The molecule has 4 nitrogen and oxygen atoms in total. The Morgan fingerprint density at radius 1 is 1.48 bits per heavy atom. The first-order chi connectivity index (χ1) is 10.1. The van der Waals surface area contributed by atoms with E-state index in [0.717, 1.165) is 36.3 Å². The predicted molar refractivity (Wildman–Crippen MR) is 83.0 cm³/mol. The molecule has 112 valence electrons. The van der Waals surface area contributed by atoms with Gasteiger partial charge in [-0.15, -0.1) is 11.3 Å². The second kappa shape index (κ2) is 5.64. The average Bonchev–Trinajstić information content (AvgIpc) is 3.04. The van der Waals surface area contributed by atoms with E-state index in [2.05, 4.69) is 11.4 Å². The topological polar surface area (TPSA) is 49.4 Å². The van der Waals surface area contributed by atoms with Crippen molar-refractivity contribution in [2.24, 2.45) is 5.41 Å². The van der Waals surface area contributed by atoms with E-state index in [0.29, 0.717) is 13.0 Å². The maximum atomic E-state index is 12.2. The molecule has 3 rings (SSSR count). The quantitative estimate of drug-likeness (QED) is 0.933. The van der Waals surface area contributed by atoms with Crippen LogP contribution in [-0.2, 0) is 4.79 Å². The van der Waals surface area contributed by atoms with Crippen molar-refractivity contribution >= 4 is 23.2 Å². The van der Waals surface area contributed by atoms with Crippen molar-refractivity contribution in [3.05, 3.63) is 34.2 Å². The van der Waals surface area contributed by atoms with Gasteiger partial charge in [0.1, 0.15) is 0 Å². The molecule has 1 unspecified atom stereocenters. The van der Waals surface area contributed by atoms with Crippen molar-refractivity contribution in [3.63, 3.8) is 0 Å². The molecule has 0 aromatic carbocycles. The highest BCUT2D eigenvalue weighted by atomic mass is 32.1. The summed E-state index contributed by atoms with van der Waals surface area (Å²) >= 11 is 1.45. The zero-order valence-corrected chi connectivity index (χ0v) is 13.0. The van der Waals surface area contributed by atoms with Crippen molar-refractivity contribution in [2.45, 2.75) is 32.1 Å². The van der Waals surface area contributed by atoms with Crippen molar-refractivity contribution < 1.29 is 9.59 Å². The molecule has 0 spiro atoms. The Morgan fingerprint density at radius 2 is 2.33 bits per heavy atom. The Hall–Kier alpha value is -1.62. The molecule has 1 aliphatic heterocycles. The molecular formula is C16H20N2O2S. The van der Waals surface area contributed by atoms with E-state index in [9.17, 15) is 9.59 Å². The lowest BCUT2D eigenvalue weighted by molar-refractivity contribution is -0.132. The molecule has 1 aromatic heterocycles. The molecule has 1 aliphatic carbocycles. The normalized spacial score (nSPS) is 25.3. The van der Waals surface area contributed by atoms with E-state index in [1.54, 1.807) is 4.90 Å². The average molecular weight is 304 g/mol. The second-order valence-corrected chi connectivity index (χ2v) is 6.82. The molecule has 1 N–H and O–H groups in total. The first kappa shape index (κ1) is 14.3. The number of carbonyl (C=O) groups is 2. The summed E-state index contributed by atoms with van der Waals surface area (Å²) in [4.78, 5) is 26.6. The first-order valence-electron chi connectivity index (χ1n) is 7.41. The summed E-state index contributed by atoms with van der Waals surface area (Å²) in [6.07, 6.45) is 6.78. The highest BCUT2D eigenvalue weighted by Gasteiger charge is 2.43. The number of hydrogen-bond acceptors (Lipinski definition) is 3. The Morgan fingerprint density at radius 3 is 3.10 bits per heavy atom. The van der Waals surface area contributed by atoms with Crippen LogP contribution in [-0.4, -0.2) is 30.3 Å². The minimum atomic E-state index is -0.0617. The lowest BCUT2D eigenvalue weighted by Gasteiger charge is -2.46. The minimum absolute atomic E-state index is 0.0103. The van der Waals surface area contributed by atoms with E-state index in [1.165, 1.54) is 11.3 Å². The summed E-state index contributed by atoms with van der Waals surface area (Å²) in [6, 6.07) is 3.72. The summed E-state index contributed by atoms with van der Waals surface area (Å²) in [5, 5.41) is 4.98. The fourth-order valence-electron chi connectivity index (χ4n) is 3.43. The van der Waals surface area contributed by atoms with Crippen molar-refractivity contribution in [2.75, 3.05) is 13.6 Å². The van der Waals surface area contributed by atoms with Crippen LogP contribution in [0, 0.1) is 5.41 Å². The second-order valence-electron chi connectivity index (χ2n) is 5.87. The predicted octanol–water partition coefficient (Wildman–Crippen LogP) is 2.78. The zero-order chi connectivity index (χ0) is 14.9. The summed E-state index contributed by atoms with van der Waals surface area (Å²) in [7, 11) is 1.86. The maximum absolute atomic E-state index is 12.2. The van der Waals surface area contributed by atoms with Crippen molar-refractivity contribution in [3.8, 4) is 0 Å². The van der Waals surface area contributed by atoms with Gasteiger partial charge in [0.2, 0.25) is 5.91 Å². The Kier molecular flexibility index (Phi) is 3.85. The van der Waals surface area contributed by atoms with Crippen molar-refractivity contribution in [1.82, 2.24) is 10.2 Å². The number of thiophene rings is 1. The fourth-order valence-corrected chi connectivity index (χ4v) is 4.07. The number of nitrogens with one attached hydrogen (secondary N) is 1. The molecular weight excluding hydrogens is 284 g/mol. The number of carbonyl (C=O) groups excluding carboxylic acids is 2. The summed E-state index contributed by atoms with van der Waals surface area (Å²) in [5.74, 6) is 0.173. The number of fused-ring (bicyclic) bond motifs is 1. The number of piperidine rings is 1. The summed E-state index contributed by atoms with van der Waals surface area (Å²) < 4.78 is 0. The molecule has 5 heteroatoms. The Balaban J connectivity index is 1.76. The van der Waals surface area contributed by atoms with Crippen LogP contribution in [0.15, 0.2) is 29.3 Å². The lowest BCUT2D eigenvalue weighted by atomic mass is 9.70. The van der Waals surface area contributed by atoms with Gasteiger partial charge in [-0.3, -0.25) is 9.59 Å². The van der Waals surface area contributed by atoms with Gasteiger partial charge in [-0.2, -0.15) is 0 Å². The van der Waals surface area contributed by atoms with Gasteiger partial charge in [0.05, 0.1) is 4.88 Å². The van der Waals surface area contributed by atoms with Gasteiger partial charge in [-0.25, -0.2) is 0 Å². The van der Waals surface area contributed by atoms with Gasteiger partial charge in [0.15, 0.2) is 0 Å². The van der Waals surface area contributed by atoms with E-state index < -0.39 is 0 Å². The maximum Gasteiger partial charge on any atom is 0.261 e. The van der Waals surface area contributed by atoms with Crippen LogP contribution in [0.25, 0.3) is 0 Å². The highest BCUT2D eigenvalue weighted by molar-refractivity contribution is 7.12. The number of likely N-dealkylation sites (tertiary alicyclic amines) is 1. The molecule has 1 saturated heterocycles. The van der Waals surface area contributed by atoms with Crippen LogP contribution in [0.2, 0.25) is 0 Å². The van der Waals surface area contributed by atoms with Crippen molar-refractivity contribution in [1.29, 1.82) is 0 Å². The van der Waals surface area contributed by atoms with E-state index in [-0.39, 0.29) is 17.2 Å². The number of rotatable bonds is 3. The lowest BCUT2D eigenvalue weighted by Crippen LogP contribution is -2.49. The van der Waals surface area contributed by atoms with E-state index in [4.69, 9.17) is 0 Å². The smallest absolute Gasteiger partial charge is 0.261 e.